The van der Waals surface area contributed by atoms with Crippen LogP contribution in [0, 0.1) is 0 Å². The van der Waals surface area contributed by atoms with Crippen molar-refractivity contribution in [2.24, 2.45) is 0 Å². The van der Waals surface area contributed by atoms with Crippen LogP contribution in [0.15, 0.2) is 62.8 Å². The van der Waals surface area contributed by atoms with E-state index in [1.165, 1.54) is 47.7 Å². The molecule has 1 heterocycles. The number of hydrogen-bond donors (Lipinski definition) is 1. The van der Waals surface area contributed by atoms with Crippen LogP contribution in [0.25, 0.3) is 0 Å². The van der Waals surface area contributed by atoms with Crippen LogP contribution in [0.2, 0.25) is 0 Å². The minimum Gasteiger partial charge on any atom is -0.296 e. The molecule has 3 aromatic rings. The van der Waals surface area contributed by atoms with Crippen molar-refractivity contribution in [2.45, 2.75) is 28.6 Å². The maximum atomic E-state index is 12.7. The first-order valence-electron chi connectivity index (χ1n) is 8.19. The Hall–Kier alpha value is -2.10. The van der Waals surface area contributed by atoms with Crippen LogP contribution >= 0.6 is 27.3 Å². The van der Waals surface area contributed by atoms with Crippen LogP contribution in [0.4, 0.5) is 5.13 Å². The van der Waals surface area contributed by atoms with Crippen molar-refractivity contribution in [3.63, 3.8) is 0 Å². The van der Waals surface area contributed by atoms with Crippen molar-refractivity contribution in [3.8, 4) is 0 Å². The molecule has 2 aromatic carbocycles. The normalized spacial score (nSPS) is 14.1. The molecule has 1 amide bonds. The van der Waals surface area contributed by atoms with Gasteiger partial charge in [-0.1, -0.05) is 27.3 Å². The number of sulfone groups is 1. The molecule has 138 valence electrons. The first-order valence-corrected chi connectivity index (χ1v) is 11.3. The van der Waals surface area contributed by atoms with E-state index in [0.717, 1.165) is 22.3 Å². The molecule has 0 radical (unpaired) electrons. The second-order valence-electron chi connectivity index (χ2n) is 6.16. The fourth-order valence-corrected chi connectivity index (χ4v) is 4.92. The van der Waals surface area contributed by atoms with Crippen LogP contribution in [0.1, 0.15) is 34.1 Å². The van der Waals surface area contributed by atoms with Gasteiger partial charge in [0.15, 0.2) is 0 Å². The highest BCUT2D eigenvalue weighted by atomic mass is 79.9. The predicted molar refractivity (Wildman–Crippen MR) is 106 cm³/mol. The van der Waals surface area contributed by atoms with Gasteiger partial charge in [0.1, 0.15) is 5.01 Å². The fraction of sp³-hybridized carbons (Fsp3) is 0.167. The van der Waals surface area contributed by atoms with Crippen molar-refractivity contribution in [3.05, 3.63) is 63.6 Å². The number of anilines is 1. The number of carbonyl (C=O) groups excluding carboxylic acids is 1. The van der Waals surface area contributed by atoms with Gasteiger partial charge in [0, 0.05) is 16.0 Å². The van der Waals surface area contributed by atoms with Gasteiger partial charge in [-0.25, -0.2) is 8.42 Å². The standard InChI is InChI=1S/C18H14BrN3O3S2/c19-13-5-9-15(10-6-13)27(24,25)14-7-3-11(4-8-14)16(23)20-18-22-21-17(26-18)12-1-2-12/h3-10,12H,1-2H2,(H,20,22,23). The smallest absolute Gasteiger partial charge is 0.257 e. The average Bonchev–Trinajstić information content (AvgIpc) is 3.42. The molecule has 0 spiro atoms. The summed E-state index contributed by atoms with van der Waals surface area (Å²) in [7, 11) is -3.63. The number of rotatable bonds is 5. The average molecular weight is 464 g/mol. The van der Waals surface area contributed by atoms with Crippen LogP contribution < -0.4 is 5.32 Å². The molecule has 1 aliphatic carbocycles. The minimum absolute atomic E-state index is 0.133. The second-order valence-corrected chi connectivity index (χ2v) is 10.0. The van der Waals surface area contributed by atoms with Gasteiger partial charge in [-0.15, -0.1) is 10.2 Å². The minimum atomic E-state index is -3.63. The Morgan fingerprint density at radius 3 is 2.19 bits per heavy atom. The number of halogens is 1. The highest BCUT2D eigenvalue weighted by Crippen LogP contribution is 2.42. The maximum absolute atomic E-state index is 12.7. The van der Waals surface area contributed by atoms with Crippen molar-refractivity contribution in [1.82, 2.24) is 10.2 Å². The Bertz CT molecular complexity index is 1090. The number of amides is 1. The summed E-state index contributed by atoms with van der Waals surface area (Å²) in [6, 6.07) is 12.3. The summed E-state index contributed by atoms with van der Waals surface area (Å²) in [6.07, 6.45) is 2.24. The summed E-state index contributed by atoms with van der Waals surface area (Å²) in [5, 5.41) is 12.2. The van der Waals surface area contributed by atoms with Crippen LogP contribution in [-0.2, 0) is 9.84 Å². The highest BCUT2D eigenvalue weighted by molar-refractivity contribution is 9.10. The van der Waals surface area contributed by atoms with E-state index in [9.17, 15) is 13.2 Å². The first-order chi connectivity index (χ1) is 12.9. The number of benzene rings is 2. The molecule has 27 heavy (non-hydrogen) atoms. The quantitative estimate of drug-likeness (QED) is 0.610. The molecule has 0 aliphatic heterocycles. The van der Waals surface area contributed by atoms with Gasteiger partial charge in [0.25, 0.3) is 5.91 Å². The number of hydrogen-bond acceptors (Lipinski definition) is 6. The van der Waals surface area contributed by atoms with E-state index >= 15 is 0 Å². The molecule has 0 bridgehead atoms. The summed E-state index contributed by atoms with van der Waals surface area (Å²) in [4.78, 5) is 12.7. The van der Waals surface area contributed by atoms with Crippen molar-refractivity contribution < 1.29 is 13.2 Å². The molecular weight excluding hydrogens is 450 g/mol. The molecule has 1 aliphatic rings. The summed E-state index contributed by atoms with van der Waals surface area (Å²) in [5.41, 5.74) is 0.355. The highest BCUT2D eigenvalue weighted by Gasteiger charge is 2.27. The van der Waals surface area contributed by atoms with Crippen molar-refractivity contribution >= 4 is 48.1 Å². The number of carbonyl (C=O) groups is 1. The Morgan fingerprint density at radius 2 is 1.59 bits per heavy atom. The van der Waals surface area contributed by atoms with Gasteiger partial charge in [0.05, 0.1) is 9.79 Å². The van der Waals surface area contributed by atoms with Crippen LogP contribution in [-0.4, -0.2) is 24.5 Å². The fourth-order valence-electron chi connectivity index (χ4n) is 2.48. The number of nitrogens with one attached hydrogen (secondary N) is 1. The molecule has 1 saturated carbocycles. The molecule has 1 N–H and O–H groups in total. The van der Waals surface area contributed by atoms with E-state index in [1.807, 2.05) is 0 Å². The summed E-state index contributed by atoms with van der Waals surface area (Å²) < 4.78 is 26.1. The third-order valence-electron chi connectivity index (χ3n) is 4.14. The Balaban J connectivity index is 1.50. The van der Waals surface area contributed by atoms with Gasteiger partial charge in [-0.3, -0.25) is 10.1 Å². The number of nitrogens with zero attached hydrogens (tertiary/aromatic N) is 2. The van der Waals surface area contributed by atoms with Gasteiger partial charge in [-0.2, -0.15) is 0 Å². The largest absolute Gasteiger partial charge is 0.296 e. The van der Waals surface area contributed by atoms with Gasteiger partial charge in [0.2, 0.25) is 15.0 Å². The molecule has 1 fully saturated rings. The molecular formula is C18H14BrN3O3S2. The van der Waals surface area contributed by atoms with Gasteiger partial charge >= 0.3 is 0 Å². The predicted octanol–water partition coefficient (Wildman–Crippen LogP) is 4.26. The second kappa shape index (κ2) is 7.14. The summed E-state index contributed by atoms with van der Waals surface area (Å²) in [6.45, 7) is 0. The maximum Gasteiger partial charge on any atom is 0.257 e. The first kappa shape index (κ1) is 18.3. The molecule has 0 unspecified atom stereocenters. The lowest BCUT2D eigenvalue weighted by molar-refractivity contribution is 0.102. The molecule has 9 heteroatoms. The van der Waals surface area contributed by atoms with Crippen molar-refractivity contribution in [2.75, 3.05) is 5.32 Å². The molecule has 0 atom stereocenters. The number of aromatic nitrogens is 2. The van der Waals surface area contributed by atoms with E-state index in [1.54, 1.807) is 12.1 Å². The van der Waals surface area contributed by atoms with E-state index in [2.05, 4.69) is 31.4 Å². The third kappa shape index (κ3) is 3.95. The van der Waals surface area contributed by atoms with E-state index in [-0.39, 0.29) is 15.7 Å². The van der Waals surface area contributed by atoms with E-state index in [0.29, 0.717) is 16.6 Å². The zero-order chi connectivity index (χ0) is 19.0. The van der Waals surface area contributed by atoms with E-state index < -0.39 is 9.84 Å². The zero-order valence-electron chi connectivity index (χ0n) is 13.9. The zero-order valence-corrected chi connectivity index (χ0v) is 17.1. The van der Waals surface area contributed by atoms with Crippen LogP contribution in [0.5, 0.6) is 0 Å². The lowest BCUT2D eigenvalue weighted by atomic mass is 10.2. The lowest BCUT2D eigenvalue weighted by Gasteiger charge is -2.06. The molecule has 1 aromatic heterocycles. The van der Waals surface area contributed by atoms with Gasteiger partial charge < -0.3 is 0 Å². The van der Waals surface area contributed by atoms with E-state index in [4.69, 9.17) is 0 Å². The summed E-state index contributed by atoms with van der Waals surface area (Å²) >= 11 is 4.66. The molecule has 6 nitrogen and oxygen atoms in total. The van der Waals surface area contributed by atoms with Crippen LogP contribution in [0.3, 0.4) is 0 Å². The Kier molecular flexibility index (Phi) is 4.83. The summed E-state index contributed by atoms with van der Waals surface area (Å²) in [5.74, 6) is 0.136. The van der Waals surface area contributed by atoms with Crippen molar-refractivity contribution in [1.29, 1.82) is 0 Å². The topological polar surface area (TPSA) is 89.0 Å². The lowest BCUT2D eigenvalue weighted by Crippen LogP contribution is -2.12. The van der Waals surface area contributed by atoms with Gasteiger partial charge in [-0.05, 0) is 61.4 Å². The SMILES string of the molecule is O=C(Nc1nnc(C2CC2)s1)c1ccc(S(=O)(=O)c2ccc(Br)cc2)cc1. The Morgan fingerprint density at radius 1 is 1.00 bits per heavy atom. The third-order valence-corrected chi connectivity index (χ3v) is 7.45. The Labute approximate surface area is 168 Å². The molecule has 4 rings (SSSR count). The monoisotopic (exact) mass is 463 g/mol. The molecule has 0 saturated heterocycles.